The molecule has 0 aliphatic heterocycles. The predicted octanol–water partition coefficient (Wildman–Crippen LogP) is 2.60. The lowest BCUT2D eigenvalue weighted by Gasteiger charge is -2.32. The van der Waals surface area contributed by atoms with Gasteiger partial charge in [-0.1, -0.05) is 20.3 Å². The van der Waals surface area contributed by atoms with Crippen LogP contribution < -0.4 is 0 Å². The molecule has 0 bridgehead atoms. The van der Waals surface area contributed by atoms with Crippen molar-refractivity contribution in [1.82, 2.24) is 0 Å². The maximum Gasteiger partial charge on any atom is 0.0580 e. The van der Waals surface area contributed by atoms with Crippen molar-refractivity contribution >= 4 is 0 Å². The Labute approximate surface area is 63.8 Å². The Bertz CT molecular complexity index is 84.7. The first-order chi connectivity index (χ1) is 4.83. The van der Waals surface area contributed by atoms with E-state index in [4.69, 9.17) is 4.74 Å². The van der Waals surface area contributed by atoms with Gasteiger partial charge in [0.1, 0.15) is 0 Å². The van der Waals surface area contributed by atoms with E-state index >= 15 is 0 Å². The lowest BCUT2D eigenvalue weighted by molar-refractivity contribution is -0.0262. The molecule has 0 radical (unpaired) electrons. The fourth-order valence-electron chi connectivity index (χ4n) is 1.36. The van der Waals surface area contributed by atoms with Crippen LogP contribution in [0.5, 0.6) is 0 Å². The third-order valence-electron chi connectivity index (χ3n) is 2.18. The molecule has 1 saturated carbocycles. The molecule has 1 heteroatoms. The van der Waals surface area contributed by atoms with Crippen LogP contribution >= 0.6 is 0 Å². The van der Waals surface area contributed by atoms with Gasteiger partial charge in [-0.05, 0) is 25.2 Å². The second kappa shape index (κ2) is 3.97. The van der Waals surface area contributed by atoms with E-state index in [0.29, 0.717) is 6.10 Å². The monoisotopic (exact) mass is 142 g/mol. The molecule has 0 aromatic heterocycles. The molecule has 0 aromatic rings. The van der Waals surface area contributed by atoms with Gasteiger partial charge in [-0.15, -0.1) is 0 Å². The highest BCUT2D eigenvalue weighted by atomic mass is 16.5. The van der Waals surface area contributed by atoms with Gasteiger partial charge in [-0.25, -0.2) is 0 Å². The van der Waals surface area contributed by atoms with Crippen LogP contribution in [0.15, 0.2) is 0 Å². The van der Waals surface area contributed by atoms with Crippen molar-refractivity contribution in [2.75, 3.05) is 6.61 Å². The average Bonchev–Trinajstić information content (AvgIpc) is 1.85. The third-order valence-corrected chi connectivity index (χ3v) is 2.18. The number of ether oxygens (including phenoxy) is 1. The molecule has 0 saturated heterocycles. The van der Waals surface area contributed by atoms with Gasteiger partial charge in [0.05, 0.1) is 6.10 Å². The van der Waals surface area contributed by atoms with Gasteiger partial charge in [0.2, 0.25) is 0 Å². The van der Waals surface area contributed by atoms with Crippen LogP contribution in [0.25, 0.3) is 0 Å². The Balaban J connectivity index is 1.86. The molecule has 1 aliphatic rings. The zero-order chi connectivity index (χ0) is 7.40. The van der Waals surface area contributed by atoms with Crippen LogP contribution in [0.2, 0.25) is 0 Å². The molecule has 1 rings (SSSR count). The first-order valence-electron chi connectivity index (χ1n) is 4.44. The number of rotatable bonds is 4. The Morgan fingerprint density at radius 2 is 2.10 bits per heavy atom. The normalized spacial score (nSPS) is 31.8. The van der Waals surface area contributed by atoms with Crippen LogP contribution in [-0.4, -0.2) is 12.7 Å². The molecule has 1 fully saturated rings. The maximum absolute atomic E-state index is 5.59. The van der Waals surface area contributed by atoms with E-state index in [0.717, 1.165) is 12.5 Å². The Morgan fingerprint density at radius 3 is 2.60 bits per heavy atom. The summed E-state index contributed by atoms with van der Waals surface area (Å²) in [6.45, 7) is 5.47. The molecule has 0 spiro atoms. The third kappa shape index (κ3) is 2.30. The SMILES string of the molecule is CCCCO[C@H]1C[C@@H](C)C1. The number of hydrogen-bond acceptors (Lipinski definition) is 1. The topological polar surface area (TPSA) is 9.23 Å². The van der Waals surface area contributed by atoms with Gasteiger partial charge in [-0.2, -0.15) is 0 Å². The lowest BCUT2D eigenvalue weighted by Crippen LogP contribution is -2.29. The van der Waals surface area contributed by atoms with Crippen molar-refractivity contribution in [2.24, 2.45) is 5.92 Å². The molecule has 0 atom stereocenters. The lowest BCUT2D eigenvalue weighted by atomic mass is 9.84. The van der Waals surface area contributed by atoms with Crippen molar-refractivity contribution in [2.45, 2.75) is 45.6 Å². The van der Waals surface area contributed by atoms with E-state index < -0.39 is 0 Å². The van der Waals surface area contributed by atoms with Crippen molar-refractivity contribution in [3.05, 3.63) is 0 Å². The van der Waals surface area contributed by atoms with Crippen LogP contribution in [0.3, 0.4) is 0 Å². The zero-order valence-corrected chi connectivity index (χ0v) is 7.10. The minimum atomic E-state index is 0.613. The van der Waals surface area contributed by atoms with E-state index in [-0.39, 0.29) is 0 Å². The number of hydrogen-bond donors (Lipinski definition) is 0. The summed E-state index contributed by atoms with van der Waals surface area (Å²) >= 11 is 0. The first-order valence-corrected chi connectivity index (χ1v) is 4.44. The summed E-state index contributed by atoms with van der Waals surface area (Å²) in [7, 11) is 0. The average molecular weight is 142 g/mol. The minimum Gasteiger partial charge on any atom is -0.378 e. The highest BCUT2D eigenvalue weighted by Crippen LogP contribution is 2.29. The molecule has 1 aliphatic carbocycles. The summed E-state index contributed by atoms with van der Waals surface area (Å²) in [5.74, 6) is 0.923. The second-order valence-electron chi connectivity index (χ2n) is 3.42. The largest absolute Gasteiger partial charge is 0.378 e. The van der Waals surface area contributed by atoms with Gasteiger partial charge < -0.3 is 4.74 Å². The Kier molecular flexibility index (Phi) is 3.20. The number of unbranched alkanes of at least 4 members (excludes halogenated alkanes) is 1. The summed E-state index contributed by atoms with van der Waals surface area (Å²) in [6, 6.07) is 0. The van der Waals surface area contributed by atoms with E-state index in [1.165, 1.54) is 25.7 Å². The second-order valence-corrected chi connectivity index (χ2v) is 3.42. The molecule has 0 unspecified atom stereocenters. The Morgan fingerprint density at radius 1 is 1.40 bits per heavy atom. The summed E-state index contributed by atoms with van der Waals surface area (Å²) in [5.41, 5.74) is 0. The molecule has 0 N–H and O–H groups in total. The zero-order valence-electron chi connectivity index (χ0n) is 7.10. The van der Waals surface area contributed by atoms with E-state index in [9.17, 15) is 0 Å². The quantitative estimate of drug-likeness (QED) is 0.548. The molecule has 1 nitrogen and oxygen atoms in total. The van der Waals surface area contributed by atoms with Gasteiger partial charge in [0.15, 0.2) is 0 Å². The van der Waals surface area contributed by atoms with Crippen molar-refractivity contribution in [3.63, 3.8) is 0 Å². The summed E-state index contributed by atoms with van der Waals surface area (Å²) in [5, 5.41) is 0. The molecule has 0 heterocycles. The highest BCUT2D eigenvalue weighted by Gasteiger charge is 2.25. The smallest absolute Gasteiger partial charge is 0.0580 e. The van der Waals surface area contributed by atoms with Gasteiger partial charge in [-0.3, -0.25) is 0 Å². The van der Waals surface area contributed by atoms with Crippen LogP contribution in [0.1, 0.15) is 39.5 Å². The van der Waals surface area contributed by atoms with E-state index in [2.05, 4.69) is 13.8 Å². The highest BCUT2D eigenvalue weighted by molar-refractivity contribution is 4.76. The maximum atomic E-state index is 5.59. The molecule has 0 aromatic carbocycles. The minimum absolute atomic E-state index is 0.613. The van der Waals surface area contributed by atoms with Gasteiger partial charge >= 0.3 is 0 Å². The fraction of sp³-hybridized carbons (Fsp3) is 1.00. The van der Waals surface area contributed by atoms with Crippen LogP contribution in [0.4, 0.5) is 0 Å². The molecular weight excluding hydrogens is 124 g/mol. The van der Waals surface area contributed by atoms with Gasteiger partial charge in [0.25, 0.3) is 0 Å². The summed E-state index contributed by atoms with van der Waals surface area (Å²) in [4.78, 5) is 0. The fourth-order valence-corrected chi connectivity index (χ4v) is 1.36. The van der Waals surface area contributed by atoms with Crippen LogP contribution in [0, 0.1) is 5.92 Å². The summed E-state index contributed by atoms with van der Waals surface area (Å²) in [6.07, 6.45) is 5.68. The van der Waals surface area contributed by atoms with E-state index in [1.807, 2.05) is 0 Å². The van der Waals surface area contributed by atoms with Crippen molar-refractivity contribution in [3.8, 4) is 0 Å². The predicted molar refractivity (Wildman–Crippen MR) is 43.0 cm³/mol. The van der Waals surface area contributed by atoms with E-state index in [1.54, 1.807) is 0 Å². The summed E-state index contributed by atoms with van der Waals surface area (Å²) < 4.78 is 5.59. The van der Waals surface area contributed by atoms with Crippen molar-refractivity contribution in [1.29, 1.82) is 0 Å². The first kappa shape index (κ1) is 8.06. The molecule has 10 heavy (non-hydrogen) atoms. The Hall–Kier alpha value is -0.0400. The van der Waals surface area contributed by atoms with Gasteiger partial charge in [0, 0.05) is 6.61 Å². The van der Waals surface area contributed by atoms with Crippen molar-refractivity contribution < 1.29 is 4.74 Å². The molecule has 60 valence electrons. The molecule has 0 amide bonds. The standard InChI is InChI=1S/C9H18O/c1-3-4-5-10-9-6-8(2)7-9/h8-9H,3-7H2,1-2H3/t8-,9+. The van der Waals surface area contributed by atoms with Crippen LogP contribution in [-0.2, 0) is 4.74 Å². The molecular formula is C9H18O.